The lowest BCUT2D eigenvalue weighted by atomic mass is 10.4. The number of rotatable bonds is 3. The third kappa shape index (κ3) is 2.22. The van der Waals surface area contributed by atoms with Crippen LogP contribution in [-0.4, -0.2) is 9.55 Å². The summed E-state index contributed by atoms with van der Waals surface area (Å²) in [7, 11) is 0. The van der Waals surface area contributed by atoms with Gasteiger partial charge in [0.1, 0.15) is 16.1 Å². The van der Waals surface area contributed by atoms with Crippen LogP contribution in [-0.2, 0) is 6.54 Å². The average Bonchev–Trinajstić information content (AvgIpc) is 2.19. The minimum absolute atomic E-state index is 0.0529. The second kappa shape index (κ2) is 4.70. The summed E-state index contributed by atoms with van der Waals surface area (Å²) in [5.74, 6) is 0.0529. The van der Waals surface area contributed by atoms with Crippen LogP contribution < -0.4 is 17.0 Å². The molecule has 0 saturated carbocycles. The summed E-state index contributed by atoms with van der Waals surface area (Å²) in [6.07, 6.45) is 0.715. The number of hydrogen-bond donors (Lipinski definition) is 2. The van der Waals surface area contributed by atoms with Crippen molar-refractivity contribution in [3.63, 3.8) is 0 Å². The Morgan fingerprint density at radius 1 is 1.60 bits per heavy atom. The first kappa shape index (κ1) is 11.4. The Balaban J connectivity index is 3.43. The molecule has 0 aliphatic heterocycles. The lowest BCUT2D eigenvalue weighted by Gasteiger charge is -2.08. The monoisotopic (exact) mass is 226 g/mol. The zero-order valence-corrected chi connectivity index (χ0v) is 8.93. The van der Waals surface area contributed by atoms with Gasteiger partial charge in [0.25, 0.3) is 5.56 Å². The summed E-state index contributed by atoms with van der Waals surface area (Å²) < 4.78 is 1.25. The quantitative estimate of drug-likeness (QED) is 0.562. The van der Waals surface area contributed by atoms with Crippen molar-refractivity contribution in [1.82, 2.24) is 9.55 Å². The average molecular weight is 226 g/mol. The van der Waals surface area contributed by atoms with Crippen molar-refractivity contribution in [2.24, 2.45) is 0 Å². The second-order valence-corrected chi connectivity index (χ2v) is 3.61. The summed E-state index contributed by atoms with van der Waals surface area (Å²) in [5, 5.41) is 10.2. The Kier molecular flexibility index (Phi) is 3.57. The van der Waals surface area contributed by atoms with Crippen LogP contribution in [0.3, 0.4) is 0 Å². The Morgan fingerprint density at radius 3 is 2.80 bits per heavy atom. The number of thioether (sulfide) groups is 1. The first-order valence-corrected chi connectivity index (χ1v) is 5.12. The maximum absolute atomic E-state index is 11.3. The molecule has 1 heterocycles. The highest BCUT2D eigenvalue weighted by molar-refractivity contribution is 8.03. The molecule has 80 valence electrons. The number of H-pyrrole nitrogens is 1. The molecule has 0 spiro atoms. The van der Waals surface area contributed by atoms with Crippen LogP contribution in [0.2, 0.25) is 0 Å². The van der Waals surface area contributed by atoms with E-state index in [1.807, 2.05) is 6.92 Å². The molecule has 1 aromatic rings. The van der Waals surface area contributed by atoms with E-state index in [9.17, 15) is 9.59 Å². The fraction of sp³-hybridized carbons (Fsp3) is 0.375. The van der Waals surface area contributed by atoms with E-state index in [4.69, 9.17) is 11.0 Å². The second-order valence-electron chi connectivity index (χ2n) is 2.82. The summed E-state index contributed by atoms with van der Waals surface area (Å²) >= 11 is 0.654. The molecule has 0 amide bonds. The number of aromatic nitrogens is 2. The lowest BCUT2D eigenvalue weighted by molar-refractivity contribution is 0.632. The lowest BCUT2D eigenvalue weighted by Crippen LogP contribution is -2.33. The molecule has 0 aromatic carbocycles. The van der Waals surface area contributed by atoms with E-state index >= 15 is 0 Å². The molecule has 15 heavy (non-hydrogen) atoms. The van der Waals surface area contributed by atoms with Crippen molar-refractivity contribution in [3.8, 4) is 5.40 Å². The van der Waals surface area contributed by atoms with Crippen molar-refractivity contribution >= 4 is 17.6 Å². The predicted molar refractivity (Wildman–Crippen MR) is 57.5 cm³/mol. The van der Waals surface area contributed by atoms with Gasteiger partial charge in [0.05, 0.1) is 0 Å². The molecule has 0 fully saturated rings. The van der Waals surface area contributed by atoms with Gasteiger partial charge in [-0.05, 0) is 18.2 Å². The molecule has 6 nitrogen and oxygen atoms in total. The third-order valence-electron chi connectivity index (χ3n) is 1.79. The molecule has 0 unspecified atom stereocenters. The Morgan fingerprint density at radius 2 is 2.27 bits per heavy atom. The first-order valence-electron chi connectivity index (χ1n) is 4.30. The molecule has 3 N–H and O–H groups in total. The molecule has 0 bridgehead atoms. The minimum Gasteiger partial charge on any atom is -0.384 e. The highest BCUT2D eigenvalue weighted by Crippen LogP contribution is 2.17. The molecule has 1 rings (SSSR count). The summed E-state index contributed by atoms with van der Waals surface area (Å²) in [5.41, 5.74) is 4.47. The van der Waals surface area contributed by atoms with Gasteiger partial charge in [-0.1, -0.05) is 6.92 Å². The maximum Gasteiger partial charge on any atom is 0.329 e. The van der Waals surface area contributed by atoms with Gasteiger partial charge in [-0.15, -0.1) is 0 Å². The summed E-state index contributed by atoms with van der Waals surface area (Å²) in [6, 6.07) is 0. The third-order valence-corrected chi connectivity index (χ3v) is 2.48. The number of hydrogen-bond acceptors (Lipinski definition) is 5. The molecule has 7 heteroatoms. The molecule has 0 aliphatic rings. The van der Waals surface area contributed by atoms with Crippen LogP contribution in [0.5, 0.6) is 0 Å². The Hall–Kier alpha value is -1.68. The van der Waals surface area contributed by atoms with Gasteiger partial charge in [0.15, 0.2) is 0 Å². The van der Waals surface area contributed by atoms with Gasteiger partial charge in [-0.25, -0.2) is 4.79 Å². The van der Waals surface area contributed by atoms with E-state index in [-0.39, 0.29) is 10.7 Å². The fourth-order valence-corrected chi connectivity index (χ4v) is 1.61. The minimum atomic E-state index is -0.614. The molecule has 1 aromatic heterocycles. The van der Waals surface area contributed by atoms with Crippen LogP contribution in [0.25, 0.3) is 0 Å². The van der Waals surface area contributed by atoms with Crippen LogP contribution >= 0.6 is 11.8 Å². The van der Waals surface area contributed by atoms with Gasteiger partial charge >= 0.3 is 5.69 Å². The number of nitrogens with zero attached hydrogens (tertiary/aromatic N) is 2. The summed E-state index contributed by atoms with van der Waals surface area (Å²) in [4.78, 5) is 24.8. The Labute approximate surface area is 89.7 Å². The Bertz CT molecular complexity index is 511. The van der Waals surface area contributed by atoms with Crippen molar-refractivity contribution < 1.29 is 0 Å². The van der Waals surface area contributed by atoms with Crippen LogP contribution in [0.1, 0.15) is 13.3 Å². The molecule has 0 aliphatic carbocycles. The number of nitriles is 1. The van der Waals surface area contributed by atoms with Gasteiger partial charge in [0.2, 0.25) is 0 Å². The van der Waals surface area contributed by atoms with Crippen molar-refractivity contribution in [2.45, 2.75) is 24.8 Å². The van der Waals surface area contributed by atoms with E-state index in [0.29, 0.717) is 24.7 Å². The van der Waals surface area contributed by atoms with Crippen molar-refractivity contribution in [2.75, 3.05) is 5.73 Å². The van der Waals surface area contributed by atoms with E-state index in [1.54, 1.807) is 5.40 Å². The fourth-order valence-electron chi connectivity index (χ4n) is 1.16. The number of anilines is 1. The van der Waals surface area contributed by atoms with Gasteiger partial charge in [0, 0.05) is 6.54 Å². The van der Waals surface area contributed by atoms with Crippen molar-refractivity contribution in [3.05, 3.63) is 20.8 Å². The highest BCUT2D eigenvalue weighted by atomic mass is 32.2. The topological polar surface area (TPSA) is 105 Å². The SMILES string of the molecule is CCCn1c(N)c(SC#N)c(=O)[nH]c1=O. The normalized spacial score (nSPS) is 9.87. The predicted octanol–water partition coefficient (Wildman–Crippen LogP) is 0.102. The van der Waals surface area contributed by atoms with E-state index in [0.717, 1.165) is 0 Å². The maximum atomic E-state index is 11.3. The van der Waals surface area contributed by atoms with Gasteiger partial charge in [-0.2, -0.15) is 5.26 Å². The molecular formula is C8H10N4O2S. The highest BCUT2D eigenvalue weighted by Gasteiger charge is 2.11. The zero-order chi connectivity index (χ0) is 11.4. The number of nitrogens with two attached hydrogens (primary N) is 1. The molecule has 0 saturated heterocycles. The van der Waals surface area contributed by atoms with Crippen LogP contribution in [0.4, 0.5) is 5.82 Å². The number of thiocyanates is 1. The van der Waals surface area contributed by atoms with Crippen molar-refractivity contribution in [1.29, 1.82) is 5.26 Å². The summed E-state index contributed by atoms with van der Waals surface area (Å²) in [6.45, 7) is 2.30. The largest absolute Gasteiger partial charge is 0.384 e. The number of aromatic amines is 1. The number of nitrogen functional groups attached to an aromatic ring is 1. The molecular weight excluding hydrogens is 216 g/mol. The number of nitrogens with one attached hydrogen (secondary N) is 1. The van der Waals surface area contributed by atoms with E-state index in [2.05, 4.69) is 4.98 Å². The molecule has 0 atom stereocenters. The smallest absolute Gasteiger partial charge is 0.329 e. The zero-order valence-electron chi connectivity index (χ0n) is 8.11. The van der Waals surface area contributed by atoms with E-state index in [1.165, 1.54) is 4.57 Å². The van der Waals surface area contributed by atoms with Crippen LogP contribution in [0, 0.1) is 10.7 Å². The molecule has 0 radical (unpaired) electrons. The van der Waals surface area contributed by atoms with Gasteiger partial charge < -0.3 is 5.73 Å². The standard InChI is InChI=1S/C8H10N4O2S/c1-2-3-12-6(10)5(15-4-9)7(13)11-8(12)14/h2-3,10H2,1H3,(H,11,13,14). The van der Waals surface area contributed by atoms with Gasteiger partial charge in [-0.3, -0.25) is 14.3 Å². The first-order chi connectivity index (χ1) is 7.11. The van der Waals surface area contributed by atoms with E-state index < -0.39 is 11.2 Å². The van der Waals surface area contributed by atoms with Crippen LogP contribution in [0.15, 0.2) is 14.5 Å².